The summed E-state index contributed by atoms with van der Waals surface area (Å²) in [6, 6.07) is 6.58. The first-order valence-electron chi connectivity index (χ1n) is 8.14. The summed E-state index contributed by atoms with van der Waals surface area (Å²) in [5, 5.41) is 0. The number of aryl methyl sites for hydroxylation is 1. The Morgan fingerprint density at radius 1 is 1.05 bits per heavy atom. The monoisotopic (exact) mass is 292 g/mol. The number of ether oxygens (including phenoxy) is 2. The van der Waals surface area contributed by atoms with Gasteiger partial charge in [0, 0.05) is 6.61 Å². The summed E-state index contributed by atoms with van der Waals surface area (Å²) in [5.74, 6) is 1.58. The molecule has 0 spiro atoms. The largest absolute Gasteiger partial charge is 0.496 e. The quantitative estimate of drug-likeness (QED) is 0.602. The highest BCUT2D eigenvalue weighted by atomic mass is 16.5. The number of hydrogen-bond donors (Lipinski definition) is 0. The van der Waals surface area contributed by atoms with E-state index in [1.165, 1.54) is 24.0 Å². The molecule has 0 saturated carbocycles. The molecule has 0 aliphatic rings. The molecule has 0 bridgehead atoms. The summed E-state index contributed by atoms with van der Waals surface area (Å²) < 4.78 is 11.2. The van der Waals surface area contributed by atoms with Crippen molar-refractivity contribution >= 4 is 0 Å². The van der Waals surface area contributed by atoms with Crippen LogP contribution in [0.15, 0.2) is 18.2 Å². The first-order valence-corrected chi connectivity index (χ1v) is 8.14. The SMILES string of the molecule is COc1ccc(C(C)C)cc1CCCCCOC(C)(C)C. The van der Waals surface area contributed by atoms with Gasteiger partial charge in [-0.1, -0.05) is 32.4 Å². The van der Waals surface area contributed by atoms with Gasteiger partial charge in [0.25, 0.3) is 0 Å². The van der Waals surface area contributed by atoms with Gasteiger partial charge in [-0.15, -0.1) is 0 Å². The van der Waals surface area contributed by atoms with E-state index >= 15 is 0 Å². The molecule has 1 aromatic rings. The van der Waals surface area contributed by atoms with E-state index in [4.69, 9.17) is 9.47 Å². The summed E-state index contributed by atoms with van der Waals surface area (Å²) in [5.41, 5.74) is 2.71. The third kappa shape index (κ3) is 6.99. The van der Waals surface area contributed by atoms with Crippen molar-refractivity contribution in [3.8, 4) is 5.75 Å². The van der Waals surface area contributed by atoms with Gasteiger partial charge in [0.1, 0.15) is 5.75 Å². The first-order chi connectivity index (χ1) is 9.83. The second-order valence-electron chi connectivity index (χ2n) is 7.00. The van der Waals surface area contributed by atoms with Crippen molar-refractivity contribution in [1.82, 2.24) is 0 Å². The number of methoxy groups -OCH3 is 1. The van der Waals surface area contributed by atoms with E-state index in [-0.39, 0.29) is 5.60 Å². The predicted octanol–water partition coefficient (Wildman–Crippen LogP) is 5.35. The smallest absolute Gasteiger partial charge is 0.122 e. The van der Waals surface area contributed by atoms with Crippen LogP contribution in [-0.4, -0.2) is 19.3 Å². The average molecular weight is 292 g/mol. The van der Waals surface area contributed by atoms with Gasteiger partial charge in [0.05, 0.1) is 12.7 Å². The van der Waals surface area contributed by atoms with Crippen LogP contribution in [0.1, 0.15) is 70.9 Å². The Morgan fingerprint density at radius 2 is 1.76 bits per heavy atom. The van der Waals surface area contributed by atoms with Gasteiger partial charge < -0.3 is 9.47 Å². The second kappa shape index (κ2) is 8.43. The summed E-state index contributed by atoms with van der Waals surface area (Å²) in [6.45, 7) is 11.6. The molecular formula is C19H32O2. The molecule has 0 unspecified atom stereocenters. The van der Waals surface area contributed by atoms with E-state index in [2.05, 4.69) is 52.8 Å². The van der Waals surface area contributed by atoms with Gasteiger partial charge in [-0.2, -0.15) is 0 Å². The molecule has 0 atom stereocenters. The molecule has 0 aliphatic heterocycles. The van der Waals surface area contributed by atoms with Crippen LogP contribution >= 0.6 is 0 Å². The zero-order chi connectivity index (χ0) is 15.9. The van der Waals surface area contributed by atoms with Crippen LogP contribution in [0.3, 0.4) is 0 Å². The van der Waals surface area contributed by atoms with Gasteiger partial charge in [-0.3, -0.25) is 0 Å². The van der Waals surface area contributed by atoms with Crippen molar-refractivity contribution in [2.45, 2.75) is 71.8 Å². The van der Waals surface area contributed by atoms with Crippen molar-refractivity contribution in [1.29, 1.82) is 0 Å². The fourth-order valence-corrected chi connectivity index (χ4v) is 2.33. The third-order valence-corrected chi connectivity index (χ3v) is 3.60. The number of rotatable bonds is 8. The van der Waals surface area contributed by atoms with Crippen LogP contribution in [0.4, 0.5) is 0 Å². The van der Waals surface area contributed by atoms with Crippen LogP contribution in [0.2, 0.25) is 0 Å². The maximum atomic E-state index is 5.75. The molecule has 0 fully saturated rings. The van der Waals surface area contributed by atoms with Crippen molar-refractivity contribution in [2.24, 2.45) is 0 Å². The molecular weight excluding hydrogens is 260 g/mol. The van der Waals surface area contributed by atoms with E-state index in [1.54, 1.807) is 7.11 Å². The van der Waals surface area contributed by atoms with E-state index in [1.807, 2.05) is 0 Å². The van der Waals surface area contributed by atoms with Gasteiger partial charge in [0.2, 0.25) is 0 Å². The Kier molecular flexibility index (Phi) is 7.24. The number of hydrogen-bond acceptors (Lipinski definition) is 2. The fourth-order valence-electron chi connectivity index (χ4n) is 2.33. The molecule has 120 valence electrons. The van der Waals surface area contributed by atoms with Gasteiger partial charge in [0.15, 0.2) is 0 Å². The number of benzene rings is 1. The second-order valence-corrected chi connectivity index (χ2v) is 7.00. The highest BCUT2D eigenvalue weighted by Gasteiger charge is 2.09. The molecule has 0 radical (unpaired) electrons. The lowest BCUT2D eigenvalue weighted by atomic mass is 9.97. The van der Waals surface area contributed by atoms with Crippen LogP contribution in [0, 0.1) is 0 Å². The molecule has 0 aliphatic carbocycles. The maximum absolute atomic E-state index is 5.75. The lowest BCUT2D eigenvalue weighted by Gasteiger charge is -2.19. The van der Waals surface area contributed by atoms with Crippen LogP contribution in [0.5, 0.6) is 5.75 Å². The summed E-state index contributed by atoms with van der Waals surface area (Å²) in [7, 11) is 1.76. The van der Waals surface area contributed by atoms with Gasteiger partial charge in [-0.05, 0) is 63.1 Å². The number of unbranched alkanes of at least 4 members (excludes halogenated alkanes) is 2. The molecule has 0 aromatic heterocycles. The van der Waals surface area contributed by atoms with Crippen LogP contribution < -0.4 is 4.74 Å². The minimum Gasteiger partial charge on any atom is -0.496 e. The maximum Gasteiger partial charge on any atom is 0.122 e. The summed E-state index contributed by atoms with van der Waals surface area (Å²) in [4.78, 5) is 0. The van der Waals surface area contributed by atoms with E-state index in [9.17, 15) is 0 Å². The molecule has 1 rings (SSSR count). The lowest BCUT2D eigenvalue weighted by Crippen LogP contribution is -2.19. The van der Waals surface area contributed by atoms with Crippen molar-refractivity contribution < 1.29 is 9.47 Å². The van der Waals surface area contributed by atoms with Crippen molar-refractivity contribution in [3.63, 3.8) is 0 Å². The fraction of sp³-hybridized carbons (Fsp3) is 0.684. The van der Waals surface area contributed by atoms with Gasteiger partial charge >= 0.3 is 0 Å². The Labute approximate surface area is 130 Å². The highest BCUT2D eigenvalue weighted by molar-refractivity contribution is 5.38. The van der Waals surface area contributed by atoms with Crippen molar-refractivity contribution in [2.75, 3.05) is 13.7 Å². The molecule has 0 amide bonds. The third-order valence-electron chi connectivity index (χ3n) is 3.60. The first kappa shape index (κ1) is 18.0. The van der Waals surface area contributed by atoms with E-state index in [0.29, 0.717) is 5.92 Å². The molecule has 2 nitrogen and oxygen atoms in total. The Balaban J connectivity index is 2.42. The van der Waals surface area contributed by atoms with Crippen molar-refractivity contribution in [3.05, 3.63) is 29.3 Å². The molecule has 0 saturated heterocycles. The average Bonchev–Trinajstić information content (AvgIpc) is 2.41. The predicted molar refractivity (Wildman–Crippen MR) is 90.3 cm³/mol. The molecule has 21 heavy (non-hydrogen) atoms. The zero-order valence-electron chi connectivity index (χ0n) is 14.7. The standard InChI is InChI=1S/C19H32O2/c1-15(2)16-11-12-18(20-6)17(14-16)10-8-7-9-13-21-19(3,4)5/h11-12,14-15H,7-10,13H2,1-6H3. The lowest BCUT2D eigenvalue weighted by molar-refractivity contribution is -0.00469. The molecule has 1 aromatic carbocycles. The van der Waals surface area contributed by atoms with Gasteiger partial charge in [-0.25, -0.2) is 0 Å². The molecule has 2 heteroatoms. The molecule has 0 heterocycles. The Bertz CT molecular complexity index is 416. The minimum absolute atomic E-state index is 0.0190. The van der Waals surface area contributed by atoms with E-state index < -0.39 is 0 Å². The normalized spacial score (nSPS) is 12.0. The van der Waals surface area contributed by atoms with Crippen LogP contribution in [0.25, 0.3) is 0 Å². The Morgan fingerprint density at radius 3 is 2.33 bits per heavy atom. The zero-order valence-corrected chi connectivity index (χ0v) is 14.7. The summed E-state index contributed by atoms with van der Waals surface area (Å²) in [6.07, 6.45) is 4.60. The summed E-state index contributed by atoms with van der Waals surface area (Å²) >= 11 is 0. The topological polar surface area (TPSA) is 18.5 Å². The molecule has 0 N–H and O–H groups in total. The van der Waals surface area contributed by atoms with E-state index in [0.717, 1.165) is 25.2 Å². The minimum atomic E-state index is -0.0190. The Hall–Kier alpha value is -1.02. The van der Waals surface area contributed by atoms with Crippen LogP contribution in [-0.2, 0) is 11.2 Å². The highest BCUT2D eigenvalue weighted by Crippen LogP contribution is 2.25.